The molecule has 3 rings (SSSR count). The van der Waals surface area contributed by atoms with Crippen LogP contribution in [0.15, 0.2) is 30.3 Å². The molecule has 1 aliphatic rings. The van der Waals surface area contributed by atoms with Gasteiger partial charge in [-0.3, -0.25) is 0 Å². The van der Waals surface area contributed by atoms with Gasteiger partial charge in [0.2, 0.25) is 0 Å². The smallest absolute Gasteiger partial charge is 0.281 e. The maximum Gasteiger partial charge on any atom is 0.281 e. The lowest BCUT2D eigenvalue weighted by Crippen LogP contribution is -2.24. The van der Waals surface area contributed by atoms with E-state index in [2.05, 4.69) is 0 Å². The van der Waals surface area contributed by atoms with E-state index in [1.54, 1.807) is 25.5 Å². The van der Waals surface area contributed by atoms with E-state index in [1.165, 1.54) is 12.1 Å². The Balaban J connectivity index is 2.13. The lowest BCUT2D eigenvalue weighted by atomic mass is 10.1. The Labute approximate surface area is 154 Å². The van der Waals surface area contributed by atoms with Gasteiger partial charge in [-0.25, -0.2) is 13.2 Å². The summed E-state index contributed by atoms with van der Waals surface area (Å²) < 4.78 is 47.5. The quantitative estimate of drug-likeness (QED) is 0.793. The molecule has 0 bridgehead atoms. The summed E-state index contributed by atoms with van der Waals surface area (Å²) in [6, 6.07) is 6.23. The Bertz CT molecular complexity index is 981. The summed E-state index contributed by atoms with van der Waals surface area (Å²) in [6.45, 7) is 3.60. The SMILES string of the molecule is CP(C)(=S)c1ccc(Oc2cc(F)cc(C#N)c2)c2c1C(O)C(F)(F)C2. The third-order valence-electron chi connectivity index (χ3n) is 4.19. The predicted octanol–water partition coefficient (Wildman–Crippen LogP) is 4.08. The van der Waals surface area contributed by atoms with Crippen molar-refractivity contribution in [3.63, 3.8) is 0 Å². The van der Waals surface area contributed by atoms with Gasteiger partial charge in [0.1, 0.15) is 23.4 Å². The van der Waals surface area contributed by atoms with E-state index in [0.29, 0.717) is 5.30 Å². The lowest BCUT2D eigenvalue weighted by Gasteiger charge is -2.20. The minimum absolute atomic E-state index is 0.0219. The van der Waals surface area contributed by atoms with Gasteiger partial charge < -0.3 is 9.84 Å². The van der Waals surface area contributed by atoms with Crippen LogP contribution in [0.2, 0.25) is 0 Å². The average molecular weight is 397 g/mol. The third-order valence-corrected chi connectivity index (χ3v) is 6.33. The van der Waals surface area contributed by atoms with Crippen molar-refractivity contribution in [1.82, 2.24) is 0 Å². The molecule has 0 saturated heterocycles. The molecule has 0 amide bonds. The summed E-state index contributed by atoms with van der Waals surface area (Å²) in [5.74, 6) is -3.89. The number of hydrogen-bond donors (Lipinski definition) is 1. The molecule has 1 atom stereocenters. The van der Waals surface area contributed by atoms with Gasteiger partial charge in [0.25, 0.3) is 5.92 Å². The second kappa shape index (κ2) is 6.38. The number of nitriles is 1. The molecule has 8 heteroatoms. The third kappa shape index (κ3) is 3.37. The van der Waals surface area contributed by atoms with Gasteiger partial charge in [-0.2, -0.15) is 5.26 Å². The molecule has 2 aromatic carbocycles. The normalized spacial score (nSPS) is 18.3. The minimum Gasteiger partial charge on any atom is -0.457 e. The fraction of sp³-hybridized carbons (Fsp3) is 0.278. The van der Waals surface area contributed by atoms with Crippen molar-refractivity contribution in [2.24, 2.45) is 0 Å². The van der Waals surface area contributed by atoms with Crippen LogP contribution in [-0.2, 0) is 18.2 Å². The molecule has 1 N–H and O–H groups in total. The zero-order valence-electron chi connectivity index (χ0n) is 14.0. The van der Waals surface area contributed by atoms with E-state index in [9.17, 15) is 18.3 Å². The van der Waals surface area contributed by atoms with E-state index in [-0.39, 0.29) is 28.2 Å². The van der Waals surface area contributed by atoms with Crippen molar-refractivity contribution in [2.75, 3.05) is 13.3 Å². The van der Waals surface area contributed by atoms with E-state index < -0.39 is 30.3 Å². The van der Waals surface area contributed by atoms with Gasteiger partial charge in [-0.1, -0.05) is 11.8 Å². The number of halogens is 3. The molecule has 26 heavy (non-hydrogen) atoms. The van der Waals surface area contributed by atoms with Gasteiger partial charge >= 0.3 is 0 Å². The molecule has 0 radical (unpaired) electrons. The first-order valence-electron chi connectivity index (χ1n) is 7.68. The van der Waals surface area contributed by atoms with E-state index in [4.69, 9.17) is 21.8 Å². The summed E-state index contributed by atoms with van der Waals surface area (Å²) in [4.78, 5) is 0. The van der Waals surface area contributed by atoms with Crippen molar-refractivity contribution in [1.29, 1.82) is 5.26 Å². The van der Waals surface area contributed by atoms with Crippen molar-refractivity contribution in [3.05, 3.63) is 52.8 Å². The van der Waals surface area contributed by atoms with Gasteiger partial charge in [0.15, 0.2) is 0 Å². The number of ether oxygens (including phenoxy) is 1. The predicted molar refractivity (Wildman–Crippen MR) is 97.0 cm³/mol. The molecule has 0 aromatic heterocycles. The Hall–Kier alpha value is -1.87. The molecule has 1 unspecified atom stereocenters. The number of aliphatic hydroxyl groups excluding tert-OH is 1. The highest BCUT2D eigenvalue weighted by Gasteiger charge is 2.49. The Kier molecular flexibility index (Phi) is 4.64. The lowest BCUT2D eigenvalue weighted by molar-refractivity contribution is -0.0965. The fourth-order valence-electron chi connectivity index (χ4n) is 3.04. The van der Waals surface area contributed by atoms with Crippen molar-refractivity contribution < 1.29 is 23.0 Å². The minimum atomic E-state index is -3.33. The van der Waals surface area contributed by atoms with Crippen molar-refractivity contribution >= 4 is 23.1 Å². The Morgan fingerprint density at radius 1 is 1.31 bits per heavy atom. The summed E-state index contributed by atoms with van der Waals surface area (Å²) >= 11 is 5.47. The van der Waals surface area contributed by atoms with Crippen LogP contribution < -0.4 is 10.0 Å². The van der Waals surface area contributed by atoms with Gasteiger partial charge in [-0.05, 0) is 48.9 Å². The highest BCUT2D eigenvalue weighted by Crippen LogP contribution is 2.50. The maximum absolute atomic E-state index is 14.2. The highest BCUT2D eigenvalue weighted by molar-refractivity contribution is 8.17. The van der Waals surface area contributed by atoms with Gasteiger partial charge in [0, 0.05) is 23.6 Å². The molecule has 0 aliphatic heterocycles. The zero-order chi connectivity index (χ0) is 19.3. The number of rotatable bonds is 3. The van der Waals surface area contributed by atoms with Crippen LogP contribution in [-0.4, -0.2) is 24.4 Å². The van der Waals surface area contributed by atoms with Crippen LogP contribution in [0.3, 0.4) is 0 Å². The van der Waals surface area contributed by atoms with Crippen LogP contribution in [0.4, 0.5) is 13.2 Å². The zero-order valence-corrected chi connectivity index (χ0v) is 15.7. The van der Waals surface area contributed by atoms with Crippen molar-refractivity contribution in [2.45, 2.75) is 18.4 Å². The maximum atomic E-state index is 14.2. The number of nitrogens with zero attached hydrogens (tertiary/aromatic N) is 1. The number of benzene rings is 2. The largest absolute Gasteiger partial charge is 0.457 e. The molecular weight excluding hydrogens is 382 g/mol. The second-order valence-electron chi connectivity index (χ2n) is 6.56. The van der Waals surface area contributed by atoms with E-state index in [1.807, 2.05) is 0 Å². The first-order valence-corrected chi connectivity index (χ1v) is 11.4. The number of alkyl halides is 2. The Morgan fingerprint density at radius 3 is 2.62 bits per heavy atom. The van der Waals surface area contributed by atoms with Crippen LogP contribution in [0, 0.1) is 17.1 Å². The summed E-state index contributed by atoms with van der Waals surface area (Å²) in [7, 11) is 0. The number of fused-ring (bicyclic) bond motifs is 1. The molecule has 136 valence electrons. The van der Waals surface area contributed by atoms with E-state index in [0.717, 1.165) is 12.1 Å². The first-order chi connectivity index (χ1) is 12.0. The Morgan fingerprint density at radius 2 is 2.00 bits per heavy atom. The summed E-state index contributed by atoms with van der Waals surface area (Å²) in [6.07, 6.45) is -2.65. The first kappa shape index (κ1) is 18.9. The van der Waals surface area contributed by atoms with Crippen LogP contribution in [0.1, 0.15) is 22.8 Å². The molecule has 1 aliphatic carbocycles. The monoisotopic (exact) mass is 397 g/mol. The topological polar surface area (TPSA) is 53.2 Å². The molecule has 0 saturated carbocycles. The van der Waals surface area contributed by atoms with Crippen molar-refractivity contribution in [3.8, 4) is 17.6 Å². The number of hydrogen-bond acceptors (Lipinski definition) is 4. The molecular formula is C18H15F3NO2PS. The van der Waals surface area contributed by atoms with E-state index >= 15 is 0 Å². The highest BCUT2D eigenvalue weighted by atomic mass is 32.4. The average Bonchev–Trinajstić information content (AvgIpc) is 2.77. The molecule has 0 heterocycles. The summed E-state index contributed by atoms with van der Waals surface area (Å²) in [5.41, 5.74) is 0.328. The number of aliphatic hydroxyl groups is 1. The van der Waals surface area contributed by atoms with Gasteiger partial charge in [-0.15, -0.1) is 0 Å². The molecule has 2 aromatic rings. The van der Waals surface area contributed by atoms with Crippen LogP contribution >= 0.6 is 6.04 Å². The summed E-state index contributed by atoms with van der Waals surface area (Å²) in [5, 5.41) is 19.6. The van der Waals surface area contributed by atoms with Crippen LogP contribution in [0.5, 0.6) is 11.5 Å². The van der Waals surface area contributed by atoms with Crippen LogP contribution in [0.25, 0.3) is 0 Å². The fourth-order valence-corrected chi connectivity index (χ4v) is 4.79. The molecule has 0 fully saturated rings. The standard InChI is InChI=1S/C18H15F3NO2PS/c1-25(2,26)15-4-3-14(13-8-18(20,21)17(23)16(13)15)24-12-6-10(9-22)5-11(19)7-12/h3-7,17,23H,8H2,1-2H3. The molecule has 3 nitrogen and oxygen atoms in total. The molecule has 0 spiro atoms. The van der Waals surface area contributed by atoms with Gasteiger partial charge in [0.05, 0.1) is 11.6 Å². The second-order valence-corrected chi connectivity index (χ2v) is 12.5.